The summed E-state index contributed by atoms with van der Waals surface area (Å²) in [6, 6.07) is 15.6. The zero-order valence-corrected chi connectivity index (χ0v) is 11.6. The van der Waals surface area contributed by atoms with Crippen LogP contribution in [0, 0.1) is 28.5 Å². The van der Waals surface area contributed by atoms with E-state index in [0.717, 1.165) is 11.3 Å². The fourth-order valence-corrected chi connectivity index (χ4v) is 2.18. The van der Waals surface area contributed by atoms with Gasteiger partial charge in [0, 0.05) is 11.7 Å². The maximum Gasteiger partial charge on any atom is 0.123 e. The minimum Gasteiger partial charge on any atom is -0.382 e. The van der Waals surface area contributed by atoms with E-state index in [1.807, 2.05) is 25.1 Å². The van der Waals surface area contributed by atoms with Crippen LogP contribution in [0.2, 0.25) is 0 Å². The van der Waals surface area contributed by atoms with Crippen LogP contribution < -0.4 is 5.32 Å². The number of nitrogens with zero attached hydrogens (tertiary/aromatic N) is 2. The Labute approximate surface area is 123 Å². The molecule has 0 heterocycles. The summed E-state index contributed by atoms with van der Waals surface area (Å²) in [5.41, 5.74) is 2.39. The SMILES string of the molecule is CC(Cc1cccc(F)c1)Nc1ccc(C#N)c(C#N)c1. The summed E-state index contributed by atoms with van der Waals surface area (Å²) in [4.78, 5) is 0. The molecular weight excluding hydrogens is 265 g/mol. The van der Waals surface area contributed by atoms with Crippen LogP contribution in [0.25, 0.3) is 0 Å². The molecule has 1 N–H and O–H groups in total. The Kier molecular flexibility index (Phi) is 4.53. The Hall–Kier alpha value is -2.85. The fourth-order valence-electron chi connectivity index (χ4n) is 2.18. The minimum atomic E-state index is -0.246. The van der Waals surface area contributed by atoms with Crippen LogP contribution in [0.5, 0.6) is 0 Å². The van der Waals surface area contributed by atoms with Gasteiger partial charge in [-0.25, -0.2) is 4.39 Å². The highest BCUT2D eigenvalue weighted by atomic mass is 19.1. The van der Waals surface area contributed by atoms with Gasteiger partial charge in [-0.05, 0) is 49.2 Å². The van der Waals surface area contributed by atoms with Gasteiger partial charge in [-0.2, -0.15) is 10.5 Å². The lowest BCUT2D eigenvalue weighted by atomic mass is 10.1. The van der Waals surface area contributed by atoms with Crippen molar-refractivity contribution >= 4 is 5.69 Å². The molecule has 1 atom stereocenters. The molecule has 2 aromatic carbocycles. The van der Waals surface area contributed by atoms with Gasteiger partial charge >= 0.3 is 0 Å². The Morgan fingerprint density at radius 1 is 1.10 bits per heavy atom. The molecule has 2 aromatic rings. The molecule has 21 heavy (non-hydrogen) atoms. The molecule has 2 rings (SSSR count). The average Bonchev–Trinajstić information content (AvgIpc) is 2.47. The van der Waals surface area contributed by atoms with Crippen molar-refractivity contribution < 1.29 is 4.39 Å². The number of anilines is 1. The van der Waals surface area contributed by atoms with Crippen molar-refractivity contribution in [3.63, 3.8) is 0 Å². The number of hydrogen-bond donors (Lipinski definition) is 1. The van der Waals surface area contributed by atoms with Gasteiger partial charge in [0.2, 0.25) is 0 Å². The largest absolute Gasteiger partial charge is 0.382 e. The van der Waals surface area contributed by atoms with Gasteiger partial charge < -0.3 is 5.32 Å². The molecular formula is C17H14FN3. The number of nitriles is 2. The summed E-state index contributed by atoms with van der Waals surface area (Å²) in [6.07, 6.45) is 0.666. The van der Waals surface area contributed by atoms with Crippen molar-refractivity contribution in [1.82, 2.24) is 0 Å². The molecule has 0 aliphatic heterocycles. The van der Waals surface area contributed by atoms with E-state index in [-0.39, 0.29) is 11.9 Å². The summed E-state index contributed by atoms with van der Waals surface area (Å²) >= 11 is 0. The van der Waals surface area contributed by atoms with E-state index < -0.39 is 0 Å². The summed E-state index contributed by atoms with van der Waals surface area (Å²) in [7, 11) is 0. The minimum absolute atomic E-state index is 0.0753. The molecule has 4 heteroatoms. The number of benzene rings is 2. The molecule has 0 saturated heterocycles. The standard InChI is InChI=1S/C17H14FN3/c1-12(7-13-3-2-4-16(18)8-13)21-17-6-5-14(10-19)15(9-17)11-20/h2-6,8-9,12,21H,7H2,1H3. The summed E-state index contributed by atoms with van der Waals surface area (Å²) in [5, 5.41) is 21.1. The molecule has 0 radical (unpaired) electrons. The second kappa shape index (κ2) is 6.54. The molecule has 0 aromatic heterocycles. The van der Waals surface area contributed by atoms with Gasteiger partial charge in [0.05, 0.1) is 11.1 Å². The van der Waals surface area contributed by atoms with Gasteiger partial charge in [0.25, 0.3) is 0 Å². The van der Waals surface area contributed by atoms with E-state index in [9.17, 15) is 4.39 Å². The molecule has 0 bridgehead atoms. The van der Waals surface area contributed by atoms with E-state index in [1.54, 1.807) is 24.3 Å². The van der Waals surface area contributed by atoms with Crippen LogP contribution in [0.3, 0.4) is 0 Å². The molecule has 0 spiro atoms. The molecule has 1 unspecified atom stereocenters. The normalized spacial score (nSPS) is 11.2. The summed E-state index contributed by atoms with van der Waals surface area (Å²) in [6.45, 7) is 1.98. The van der Waals surface area contributed by atoms with Crippen molar-refractivity contribution in [2.75, 3.05) is 5.32 Å². The van der Waals surface area contributed by atoms with Crippen molar-refractivity contribution in [3.05, 3.63) is 65.0 Å². The quantitative estimate of drug-likeness (QED) is 0.930. The maximum absolute atomic E-state index is 13.1. The van der Waals surface area contributed by atoms with Crippen molar-refractivity contribution in [1.29, 1.82) is 10.5 Å². The van der Waals surface area contributed by atoms with E-state index in [0.29, 0.717) is 17.5 Å². The Balaban J connectivity index is 2.08. The fraction of sp³-hybridized carbons (Fsp3) is 0.176. The van der Waals surface area contributed by atoms with Crippen molar-refractivity contribution in [2.45, 2.75) is 19.4 Å². The van der Waals surface area contributed by atoms with E-state index in [4.69, 9.17) is 10.5 Å². The lowest BCUT2D eigenvalue weighted by Gasteiger charge is -2.15. The molecule has 0 amide bonds. The highest BCUT2D eigenvalue weighted by Gasteiger charge is 2.07. The predicted octanol–water partition coefficient (Wildman–Crippen LogP) is 3.61. The first-order valence-electron chi connectivity index (χ1n) is 6.57. The van der Waals surface area contributed by atoms with Crippen molar-refractivity contribution in [3.8, 4) is 12.1 Å². The lowest BCUT2D eigenvalue weighted by Crippen LogP contribution is -2.18. The number of rotatable bonds is 4. The first kappa shape index (κ1) is 14.6. The smallest absolute Gasteiger partial charge is 0.123 e. The van der Waals surface area contributed by atoms with E-state index in [2.05, 4.69) is 5.32 Å². The number of halogens is 1. The zero-order valence-electron chi connectivity index (χ0n) is 11.6. The van der Waals surface area contributed by atoms with E-state index in [1.165, 1.54) is 12.1 Å². The lowest BCUT2D eigenvalue weighted by molar-refractivity contribution is 0.624. The van der Waals surface area contributed by atoms with Crippen LogP contribution in [-0.4, -0.2) is 6.04 Å². The van der Waals surface area contributed by atoms with Crippen LogP contribution in [0.15, 0.2) is 42.5 Å². The maximum atomic E-state index is 13.1. The molecule has 104 valence electrons. The molecule has 0 aliphatic carbocycles. The summed E-state index contributed by atoms with van der Waals surface area (Å²) in [5.74, 6) is -0.246. The van der Waals surface area contributed by atoms with Crippen molar-refractivity contribution in [2.24, 2.45) is 0 Å². The van der Waals surface area contributed by atoms with Crippen LogP contribution in [0.4, 0.5) is 10.1 Å². The van der Waals surface area contributed by atoms with E-state index >= 15 is 0 Å². The average molecular weight is 279 g/mol. The molecule has 0 aliphatic rings. The third-order valence-corrected chi connectivity index (χ3v) is 3.10. The third kappa shape index (κ3) is 3.81. The predicted molar refractivity (Wildman–Crippen MR) is 79.1 cm³/mol. The van der Waals surface area contributed by atoms with Crippen LogP contribution in [-0.2, 0) is 6.42 Å². The van der Waals surface area contributed by atoms with Gasteiger partial charge in [-0.15, -0.1) is 0 Å². The number of hydrogen-bond acceptors (Lipinski definition) is 3. The highest BCUT2D eigenvalue weighted by molar-refractivity contribution is 5.56. The zero-order chi connectivity index (χ0) is 15.2. The molecule has 0 saturated carbocycles. The first-order valence-corrected chi connectivity index (χ1v) is 6.57. The molecule has 3 nitrogen and oxygen atoms in total. The monoisotopic (exact) mass is 279 g/mol. The Morgan fingerprint density at radius 2 is 1.86 bits per heavy atom. The van der Waals surface area contributed by atoms with Crippen LogP contribution in [0.1, 0.15) is 23.6 Å². The Morgan fingerprint density at radius 3 is 2.52 bits per heavy atom. The number of nitrogens with one attached hydrogen (secondary N) is 1. The third-order valence-electron chi connectivity index (χ3n) is 3.10. The highest BCUT2D eigenvalue weighted by Crippen LogP contribution is 2.17. The Bertz CT molecular complexity index is 726. The summed E-state index contributed by atoms with van der Waals surface area (Å²) < 4.78 is 13.1. The topological polar surface area (TPSA) is 59.6 Å². The van der Waals surface area contributed by atoms with Gasteiger partial charge in [-0.1, -0.05) is 12.1 Å². The van der Waals surface area contributed by atoms with Gasteiger partial charge in [-0.3, -0.25) is 0 Å². The first-order chi connectivity index (χ1) is 10.1. The van der Waals surface area contributed by atoms with Crippen LogP contribution >= 0.6 is 0 Å². The van der Waals surface area contributed by atoms with Gasteiger partial charge in [0.15, 0.2) is 0 Å². The second-order valence-corrected chi connectivity index (χ2v) is 4.86. The second-order valence-electron chi connectivity index (χ2n) is 4.86. The molecule has 0 fully saturated rings. The van der Waals surface area contributed by atoms with Gasteiger partial charge in [0.1, 0.15) is 18.0 Å².